The number of aromatic nitrogens is 4. The minimum Gasteiger partial charge on any atom is -0.382 e. The number of halogens is 2. The number of nitrogen functional groups attached to an aromatic ring is 1. The molecule has 0 amide bonds. The van der Waals surface area contributed by atoms with Gasteiger partial charge in [-0.05, 0) is 18.2 Å². The second kappa shape index (κ2) is 4.40. The van der Waals surface area contributed by atoms with E-state index in [-0.39, 0.29) is 5.02 Å². The van der Waals surface area contributed by atoms with Crippen molar-refractivity contribution in [3.05, 3.63) is 41.4 Å². The molecule has 5 nitrogen and oxygen atoms in total. The summed E-state index contributed by atoms with van der Waals surface area (Å²) < 4.78 is 13.1. The van der Waals surface area contributed by atoms with Crippen LogP contribution in [0.4, 0.5) is 10.2 Å². The smallest absolute Gasteiger partial charge is 0.153 e. The molecule has 0 fully saturated rings. The van der Waals surface area contributed by atoms with Gasteiger partial charge in [0, 0.05) is 17.3 Å². The van der Waals surface area contributed by atoms with Crippen molar-refractivity contribution in [2.45, 2.75) is 0 Å². The molecule has 0 radical (unpaired) electrons. The Morgan fingerprint density at radius 2 is 2.16 bits per heavy atom. The van der Waals surface area contributed by atoms with Gasteiger partial charge in [0.2, 0.25) is 0 Å². The summed E-state index contributed by atoms with van der Waals surface area (Å²) in [6.45, 7) is 0. The zero-order valence-corrected chi connectivity index (χ0v) is 10.4. The summed E-state index contributed by atoms with van der Waals surface area (Å²) in [5.41, 5.74) is 8.58. The molecule has 3 aromatic rings. The van der Waals surface area contributed by atoms with Crippen molar-refractivity contribution < 1.29 is 4.39 Å². The van der Waals surface area contributed by atoms with E-state index in [2.05, 4.69) is 20.4 Å². The van der Waals surface area contributed by atoms with Crippen LogP contribution in [0.2, 0.25) is 5.02 Å². The summed E-state index contributed by atoms with van der Waals surface area (Å²) in [5.74, 6) is -0.106. The lowest BCUT2D eigenvalue weighted by molar-refractivity contribution is 0.628. The Labute approximate surface area is 112 Å². The van der Waals surface area contributed by atoms with E-state index >= 15 is 0 Å². The molecule has 0 spiro atoms. The van der Waals surface area contributed by atoms with Crippen molar-refractivity contribution in [2.75, 3.05) is 5.73 Å². The van der Waals surface area contributed by atoms with Gasteiger partial charge in [-0.15, -0.1) is 0 Å². The number of benzene rings is 1. The number of H-pyrrole nitrogens is 2. The predicted octanol–water partition coefficient (Wildman–Crippen LogP) is 2.84. The summed E-state index contributed by atoms with van der Waals surface area (Å²) in [6, 6.07) is 4.14. The fourth-order valence-electron chi connectivity index (χ4n) is 1.92. The van der Waals surface area contributed by atoms with Crippen molar-refractivity contribution in [1.29, 1.82) is 0 Å². The molecular weight excluding hydrogens is 269 g/mol. The van der Waals surface area contributed by atoms with Crippen LogP contribution in [-0.2, 0) is 0 Å². The van der Waals surface area contributed by atoms with Gasteiger partial charge < -0.3 is 5.73 Å². The highest BCUT2D eigenvalue weighted by atomic mass is 35.5. The molecule has 1 aromatic carbocycles. The van der Waals surface area contributed by atoms with Crippen molar-refractivity contribution in [3.63, 3.8) is 0 Å². The van der Waals surface area contributed by atoms with Gasteiger partial charge in [-0.2, -0.15) is 10.2 Å². The molecule has 19 heavy (non-hydrogen) atoms. The number of hydrogen-bond donors (Lipinski definition) is 3. The first kappa shape index (κ1) is 11.7. The maximum absolute atomic E-state index is 13.1. The lowest BCUT2D eigenvalue weighted by atomic mass is 10.0. The Hall–Kier alpha value is -2.34. The second-order valence-corrected chi connectivity index (χ2v) is 4.38. The number of aromatic amines is 2. The van der Waals surface area contributed by atoms with Crippen LogP contribution in [0.25, 0.3) is 22.4 Å². The molecule has 0 aliphatic carbocycles. The first-order chi connectivity index (χ1) is 9.16. The molecule has 2 aromatic heterocycles. The Morgan fingerprint density at radius 1 is 1.32 bits per heavy atom. The highest BCUT2D eigenvalue weighted by molar-refractivity contribution is 6.33. The van der Waals surface area contributed by atoms with E-state index in [1.165, 1.54) is 12.1 Å². The monoisotopic (exact) mass is 277 g/mol. The maximum atomic E-state index is 13.1. The average Bonchev–Trinajstić information content (AvgIpc) is 2.99. The summed E-state index contributed by atoms with van der Waals surface area (Å²) in [5, 5.41) is 13.7. The van der Waals surface area contributed by atoms with Crippen LogP contribution in [0.3, 0.4) is 0 Å². The summed E-state index contributed by atoms with van der Waals surface area (Å²) in [4.78, 5) is 0. The van der Waals surface area contributed by atoms with Crippen LogP contribution in [0.1, 0.15) is 0 Å². The molecule has 7 heteroatoms. The normalized spacial score (nSPS) is 10.8. The van der Waals surface area contributed by atoms with E-state index < -0.39 is 5.82 Å². The van der Waals surface area contributed by atoms with Crippen LogP contribution >= 0.6 is 11.6 Å². The fraction of sp³-hybridized carbons (Fsp3) is 0. The van der Waals surface area contributed by atoms with Crippen molar-refractivity contribution in [3.8, 4) is 22.4 Å². The molecular formula is C12H9ClFN5. The summed E-state index contributed by atoms with van der Waals surface area (Å²) >= 11 is 6.07. The van der Waals surface area contributed by atoms with E-state index in [0.29, 0.717) is 22.6 Å². The molecule has 0 atom stereocenters. The molecule has 0 saturated carbocycles. The highest BCUT2D eigenvalue weighted by Crippen LogP contribution is 2.38. The van der Waals surface area contributed by atoms with E-state index in [4.69, 9.17) is 17.3 Å². The minimum atomic E-state index is -0.402. The number of anilines is 1. The summed E-state index contributed by atoms with van der Waals surface area (Å²) in [7, 11) is 0. The summed E-state index contributed by atoms with van der Waals surface area (Å²) in [6.07, 6.45) is 3.34. The zero-order valence-electron chi connectivity index (χ0n) is 9.61. The molecule has 0 aliphatic rings. The lowest BCUT2D eigenvalue weighted by Gasteiger charge is -2.05. The predicted molar refractivity (Wildman–Crippen MR) is 71.0 cm³/mol. The van der Waals surface area contributed by atoms with E-state index in [1.54, 1.807) is 18.5 Å². The fourth-order valence-corrected chi connectivity index (χ4v) is 2.18. The van der Waals surface area contributed by atoms with Gasteiger partial charge in [0.05, 0.1) is 22.5 Å². The SMILES string of the molecule is Nc1n[nH]c(-c2cn[nH]c2)c1-c1ccc(F)cc1Cl. The second-order valence-electron chi connectivity index (χ2n) is 3.97. The largest absolute Gasteiger partial charge is 0.382 e. The molecule has 0 aliphatic heterocycles. The molecule has 3 rings (SSSR count). The molecule has 0 unspecified atom stereocenters. The van der Waals surface area contributed by atoms with Gasteiger partial charge in [0.1, 0.15) is 5.82 Å². The van der Waals surface area contributed by atoms with Crippen LogP contribution in [-0.4, -0.2) is 20.4 Å². The van der Waals surface area contributed by atoms with Gasteiger partial charge in [-0.1, -0.05) is 11.6 Å². The number of rotatable bonds is 2. The Balaban J connectivity index is 2.22. The molecule has 0 bridgehead atoms. The number of nitrogens with two attached hydrogens (primary N) is 1. The Morgan fingerprint density at radius 3 is 2.84 bits per heavy atom. The van der Waals surface area contributed by atoms with Crippen LogP contribution in [0.15, 0.2) is 30.6 Å². The third-order valence-corrected chi connectivity index (χ3v) is 3.09. The Kier molecular flexibility index (Phi) is 2.72. The van der Waals surface area contributed by atoms with Crippen LogP contribution in [0, 0.1) is 5.82 Å². The van der Waals surface area contributed by atoms with Gasteiger partial charge in [-0.25, -0.2) is 4.39 Å². The van der Waals surface area contributed by atoms with Gasteiger partial charge in [0.25, 0.3) is 0 Å². The van der Waals surface area contributed by atoms with Crippen LogP contribution in [0.5, 0.6) is 0 Å². The van der Waals surface area contributed by atoms with Gasteiger partial charge >= 0.3 is 0 Å². The lowest BCUT2D eigenvalue weighted by Crippen LogP contribution is -1.90. The first-order valence-electron chi connectivity index (χ1n) is 5.45. The van der Waals surface area contributed by atoms with Gasteiger partial charge in [0.15, 0.2) is 5.82 Å². The van der Waals surface area contributed by atoms with E-state index in [9.17, 15) is 4.39 Å². The maximum Gasteiger partial charge on any atom is 0.153 e. The molecule has 0 saturated heterocycles. The minimum absolute atomic E-state index is 0.276. The zero-order chi connectivity index (χ0) is 13.4. The molecule has 96 valence electrons. The van der Waals surface area contributed by atoms with Crippen LogP contribution < -0.4 is 5.73 Å². The number of nitrogens with one attached hydrogen (secondary N) is 2. The van der Waals surface area contributed by atoms with Crippen molar-refractivity contribution in [1.82, 2.24) is 20.4 Å². The molecule has 2 heterocycles. The Bertz CT molecular complexity index is 720. The first-order valence-corrected chi connectivity index (χ1v) is 5.83. The quantitative estimate of drug-likeness (QED) is 0.673. The highest BCUT2D eigenvalue weighted by Gasteiger charge is 2.18. The standard InChI is InChI=1S/C12H9ClFN5/c13-9-3-7(14)1-2-8(9)10-11(18-19-12(10)15)6-4-16-17-5-6/h1-5H,(H,16,17)(H3,15,18,19). The van der Waals surface area contributed by atoms with E-state index in [0.717, 1.165) is 5.56 Å². The number of hydrogen-bond acceptors (Lipinski definition) is 3. The topological polar surface area (TPSA) is 83.4 Å². The molecule has 4 N–H and O–H groups in total. The third kappa shape index (κ3) is 1.96. The van der Waals surface area contributed by atoms with Gasteiger partial charge in [-0.3, -0.25) is 10.2 Å². The van der Waals surface area contributed by atoms with E-state index in [1.807, 2.05) is 0 Å². The van der Waals surface area contributed by atoms with Crippen molar-refractivity contribution >= 4 is 17.4 Å². The third-order valence-electron chi connectivity index (χ3n) is 2.78. The average molecular weight is 278 g/mol. The van der Waals surface area contributed by atoms with Crippen molar-refractivity contribution in [2.24, 2.45) is 0 Å². The number of nitrogens with zero attached hydrogens (tertiary/aromatic N) is 2.